The second-order valence-corrected chi connectivity index (χ2v) is 10.8. The molecule has 1 atom stereocenters. The molecular formula is C30H29ClF3N3O6. The van der Waals surface area contributed by atoms with Crippen LogP contribution in [0.25, 0.3) is 0 Å². The highest BCUT2D eigenvalue weighted by Crippen LogP contribution is 2.57. The van der Waals surface area contributed by atoms with Crippen LogP contribution in [0.2, 0.25) is 5.02 Å². The van der Waals surface area contributed by atoms with Crippen molar-refractivity contribution < 1.29 is 42.4 Å². The van der Waals surface area contributed by atoms with Crippen LogP contribution < -0.4 is 19.7 Å². The van der Waals surface area contributed by atoms with Crippen molar-refractivity contribution in [2.24, 2.45) is 5.16 Å². The Balaban J connectivity index is 1.50. The summed E-state index contributed by atoms with van der Waals surface area (Å²) in [4.78, 5) is 25.0. The van der Waals surface area contributed by atoms with Crippen molar-refractivity contribution in [3.63, 3.8) is 0 Å². The molecule has 1 saturated carbocycles. The molecule has 43 heavy (non-hydrogen) atoms. The maximum Gasteiger partial charge on any atom is 0.573 e. The molecule has 1 spiro atoms. The molecule has 2 N–H and O–H groups in total. The number of oxime groups is 1. The first-order valence-corrected chi connectivity index (χ1v) is 13.8. The Labute approximate surface area is 250 Å². The van der Waals surface area contributed by atoms with Gasteiger partial charge in [0.15, 0.2) is 0 Å². The number of methoxy groups -OCH3 is 1. The van der Waals surface area contributed by atoms with Crippen LogP contribution >= 0.6 is 11.6 Å². The first kappa shape index (κ1) is 30.5. The molecule has 5 rings (SSSR count). The summed E-state index contributed by atoms with van der Waals surface area (Å²) < 4.78 is 48.7. The molecule has 2 aliphatic rings. The van der Waals surface area contributed by atoms with Gasteiger partial charge in [-0.2, -0.15) is 0 Å². The van der Waals surface area contributed by atoms with Gasteiger partial charge in [0.2, 0.25) is 0 Å². The number of hydrogen-bond donors (Lipinski definition) is 2. The molecular weight excluding hydrogens is 591 g/mol. The van der Waals surface area contributed by atoms with Crippen LogP contribution in [-0.2, 0) is 19.9 Å². The van der Waals surface area contributed by atoms with Crippen LogP contribution in [0.1, 0.15) is 42.5 Å². The van der Waals surface area contributed by atoms with Gasteiger partial charge in [0, 0.05) is 40.4 Å². The number of alkyl halides is 3. The third-order valence-electron chi connectivity index (χ3n) is 7.43. The quantitative estimate of drug-likeness (QED) is 0.106. The lowest BCUT2D eigenvalue weighted by molar-refractivity contribution is -0.274. The number of amides is 1. The number of rotatable bonds is 11. The van der Waals surface area contributed by atoms with E-state index in [0.717, 1.165) is 18.4 Å². The number of anilines is 2. The Morgan fingerprint density at radius 1 is 1.09 bits per heavy atom. The van der Waals surface area contributed by atoms with Crippen LogP contribution in [0.4, 0.5) is 24.5 Å². The van der Waals surface area contributed by atoms with Crippen LogP contribution in [0.3, 0.4) is 0 Å². The fourth-order valence-corrected chi connectivity index (χ4v) is 5.30. The van der Waals surface area contributed by atoms with Crippen LogP contribution in [0.5, 0.6) is 11.5 Å². The highest BCUT2D eigenvalue weighted by atomic mass is 35.5. The van der Waals surface area contributed by atoms with Gasteiger partial charge in [0.1, 0.15) is 30.8 Å². The predicted octanol–water partition coefficient (Wildman–Crippen LogP) is 6.71. The highest BCUT2D eigenvalue weighted by molar-refractivity contribution is 6.30. The van der Waals surface area contributed by atoms with Gasteiger partial charge in [0.05, 0.1) is 18.5 Å². The zero-order chi connectivity index (χ0) is 30.8. The Morgan fingerprint density at radius 3 is 2.49 bits per heavy atom. The van der Waals surface area contributed by atoms with E-state index >= 15 is 0 Å². The molecule has 1 amide bonds. The monoisotopic (exact) mass is 619 g/mol. The minimum Gasteiger partial charge on any atom is -0.497 e. The summed E-state index contributed by atoms with van der Waals surface area (Å²) in [5.41, 5.74) is 3.17. The number of nitrogens with one attached hydrogen (secondary N) is 1. The molecule has 0 saturated heterocycles. The molecule has 9 nitrogen and oxygen atoms in total. The average Bonchev–Trinajstić information content (AvgIpc) is 3.69. The molecule has 1 aliphatic heterocycles. The van der Waals surface area contributed by atoms with Crippen molar-refractivity contribution >= 4 is 34.6 Å². The van der Waals surface area contributed by atoms with Crippen molar-refractivity contribution in [2.75, 3.05) is 37.1 Å². The van der Waals surface area contributed by atoms with Gasteiger partial charge in [-0.3, -0.25) is 10.1 Å². The second-order valence-electron chi connectivity index (χ2n) is 10.4. The average molecular weight is 620 g/mol. The van der Waals surface area contributed by atoms with E-state index in [1.807, 2.05) is 0 Å². The molecule has 13 heteroatoms. The zero-order valence-electron chi connectivity index (χ0n) is 23.3. The second kappa shape index (κ2) is 12.3. The minimum absolute atomic E-state index is 0.0323. The molecule has 1 fully saturated rings. The van der Waals surface area contributed by atoms with E-state index < -0.39 is 18.2 Å². The number of halogens is 4. The SMILES string of the molecule is COc1cc(NC(C(=O)N2CC3(CC3)c3ccc(OC(F)(F)F)cc32)c2ccc(Cl)cc2)cc(/C(C)=N/OCCOO)c1. The van der Waals surface area contributed by atoms with E-state index in [2.05, 4.69) is 20.1 Å². The van der Waals surface area contributed by atoms with Gasteiger partial charge >= 0.3 is 6.36 Å². The Hall–Kier alpha value is -4.00. The number of fused-ring (bicyclic) bond motifs is 2. The summed E-state index contributed by atoms with van der Waals surface area (Å²) in [5.74, 6) is -0.274. The molecule has 0 bridgehead atoms. The molecule has 3 aromatic carbocycles. The smallest absolute Gasteiger partial charge is 0.497 e. The van der Waals surface area contributed by atoms with Gasteiger partial charge in [0.25, 0.3) is 5.91 Å². The molecule has 0 aromatic heterocycles. The van der Waals surface area contributed by atoms with Crippen molar-refractivity contribution in [3.05, 3.63) is 82.4 Å². The predicted molar refractivity (Wildman–Crippen MR) is 154 cm³/mol. The van der Waals surface area contributed by atoms with Gasteiger partial charge < -0.3 is 24.5 Å². The van der Waals surface area contributed by atoms with E-state index in [4.69, 9.17) is 26.4 Å². The Morgan fingerprint density at radius 2 is 1.84 bits per heavy atom. The van der Waals surface area contributed by atoms with Crippen molar-refractivity contribution in [2.45, 2.75) is 37.6 Å². The number of ether oxygens (including phenoxy) is 2. The molecule has 1 heterocycles. The topological polar surface area (TPSA) is 102 Å². The van der Waals surface area contributed by atoms with Gasteiger partial charge in [-0.25, -0.2) is 4.89 Å². The largest absolute Gasteiger partial charge is 0.573 e. The van der Waals surface area contributed by atoms with Crippen molar-refractivity contribution in [1.82, 2.24) is 0 Å². The van der Waals surface area contributed by atoms with Crippen LogP contribution in [0, 0.1) is 0 Å². The van der Waals surface area contributed by atoms with Crippen LogP contribution in [-0.4, -0.2) is 50.1 Å². The molecule has 1 aliphatic carbocycles. The molecule has 3 aromatic rings. The summed E-state index contributed by atoms with van der Waals surface area (Å²) in [6.45, 7) is 2.03. The number of carbonyl (C=O) groups excluding carboxylic acids is 1. The van der Waals surface area contributed by atoms with E-state index in [1.165, 1.54) is 24.1 Å². The fraction of sp³-hybridized carbons (Fsp3) is 0.333. The molecule has 228 valence electrons. The number of hydrogen-bond acceptors (Lipinski definition) is 8. The van der Waals surface area contributed by atoms with Crippen molar-refractivity contribution in [3.8, 4) is 11.5 Å². The Kier molecular flexibility index (Phi) is 8.72. The summed E-state index contributed by atoms with van der Waals surface area (Å²) in [6.07, 6.45) is -3.21. The lowest BCUT2D eigenvalue weighted by Crippen LogP contribution is -2.38. The van der Waals surface area contributed by atoms with Crippen LogP contribution in [0.15, 0.2) is 65.8 Å². The normalized spacial score (nSPS) is 16.1. The van der Waals surface area contributed by atoms with E-state index in [0.29, 0.717) is 45.5 Å². The first-order valence-electron chi connectivity index (χ1n) is 13.4. The Bertz CT molecular complexity index is 1510. The number of carbonyl (C=O) groups is 1. The zero-order valence-corrected chi connectivity index (χ0v) is 24.0. The first-order chi connectivity index (χ1) is 20.5. The summed E-state index contributed by atoms with van der Waals surface area (Å²) in [7, 11) is 1.50. The summed E-state index contributed by atoms with van der Waals surface area (Å²) in [5, 5.41) is 16.3. The van der Waals surface area contributed by atoms with E-state index in [9.17, 15) is 18.0 Å². The maximum absolute atomic E-state index is 14.3. The molecule has 0 radical (unpaired) electrons. The van der Waals surface area contributed by atoms with Gasteiger partial charge in [-0.15, -0.1) is 13.2 Å². The van der Waals surface area contributed by atoms with E-state index in [1.54, 1.807) is 55.5 Å². The third-order valence-corrected chi connectivity index (χ3v) is 7.69. The highest BCUT2D eigenvalue weighted by Gasteiger charge is 2.54. The summed E-state index contributed by atoms with van der Waals surface area (Å²) >= 11 is 6.14. The standard InChI is InChI=1S/C30H29ClF3N3O6/c1-18(36-41-11-12-42-39)20-13-22(15-24(14-20)40-2)35-27(19-3-5-21(31)6-4-19)28(38)37-17-29(9-10-29)25-8-7-23(16-26(25)37)43-30(32,33)34/h3-8,13-16,27,35,39H,9-12,17H2,1-2H3/b36-18+. The third kappa shape index (κ3) is 6.98. The maximum atomic E-state index is 14.3. The minimum atomic E-state index is -4.87. The fourth-order valence-electron chi connectivity index (χ4n) is 5.17. The number of benzene rings is 3. The summed E-state index contributed by atoms with van der Waals surface area (Å²) in [6, 6.07) is 15.2. The van der Waals surface area contributed by atoms with Gasteiger partial charge in [-0.05, 0) is 61.2 Å². The molecule has 1 unspecified atom stereocenters. The number of nitrogens with zero attached hydrogens (tertiary/aromatic N) is 2. The van der Waals surface area contributed by atoms with Crippen molar-refractivity contribution in [1.29, 1.82) is 0 Å². The lowest BCUT2D eigenvalue weighted by Gasteiger charge is -2.27. The van der Waals surface area contributed by atoms with E-state index in [-0.39, 0.29) is 24.5 Å². The lowest BCUT2D eigenvalue weighted by atomic mass is 9.99. The van der Waals surface area contributed by atoms with Gasteiger partial charge in [-0.1, -0.05) is 35.0 Å².